The van der Waals surface area contributed by atoms with Crippen LogP contribution in [0, 0.1) is 0 Å². The van der Waals surface area contributed by atoms with Crippen LogP contribution in [0.1, 0.15) is 18.1 Å². The SMILES string of the molecule is COc1cccc(COC(C)C(=O)NCCN2C(=O)S/C(=C\c3ccccc3)C2=O)c1. The molecule has 7 nitrogen and oxygen atoms in total. The van der Waals surface area contributed by atoms with Crippen molar-refractivity contribution >= 4 is 34.9 Å². The first-order chi connectivity index (χ1) is 15.0. The lowest BCUT2D eigenvalue weighted by Crippen LogP contribution is -2.41. The van der Waals surface area contributed by atoms with Gasteiger partial charge in [-0.2, -0.15) is 0 Å². The topological polar surface area (TPSA) is 84.9 Å². The van der Waals surface area contributed by atoms with Gasteiger partial charge in [-0.1, -0.05) is 42.5 Å². The molecule has 1 aliphatic heterocycles. The Morgan fingerprint density at radius 3 is 2.68 bits per heavy atom. The van der Waals surface area contributed by atoms with E-state index in [0.29, 0.717) is 4.91 Å². The summed E-state index contributed by atoms with van der Waals surface area (Å²) < 4.78 is 10.8. The Kier molecular flexibility index (Phi) is 7.86. The zero-order valence-electron chi connectivity index (χ0n) is 17.4. The molecular formula is C23H24N2O5S. The standard InChI is InChI=1S/C23H24N2O5S/c1-16(30-15-18-9-6-10-19(13-18)29-2)21(26)24-11-12-25-22(27)20(31-23(25)28)14-17-7-4-3-5-8-17/h3-10,13-14,16H,11-12,15H2,1-2H3,(H,24,26)/b20-14-. The summed E-state index contributed by atoms with van der Waals surface area (Å²) in [6, 6.07) is 16.7. The largest absolute Gasteiger partial charge is 0.497 e. The highest BCUT2D eigenvalue weighted by atomic mass is 32.2. The van der Waals surface area contributed by atoms with Gasteiger partial charge in [0.05, 0.1) is 18.6 Å². The fourth-order valence-electron chi connectivity index (χ4n) is 2.89. The predicted octanol–water partition coefficient (Wildman–Crippen LogP) is 3.45. The van der Waals surface area contributed by atoms with E-state index in [0.717, 1.165) is 33.5 Å². The molecule has 1 heterocycles. The summed E-state index contributed by atoms with van der Waals surface area (Å²) >= 11 is 0.901. The molecule has 31 heavy (non-hydrogen) atoms. The van der Waals surface area contributed by atoms with Crippen LogP contribution in [0.25, 0.3) is 6.08 Å². The number of imide groups is 1. The Balaban J connectivity index is 1.45. The van der Waals surface area contributed by atoms with Gasteiger partial charge in [-0.25, -0.2) is 0 Å². The van der Waals surface area contributed by atoms with Gasteiger partial charge in [0.15, 0.2) is 0 Å². The molecule has 1 unspecified atom stereocenters. The van der Waals surface area contributed by atoms with Gasteiger partial charge in [-0.3, -0.25) is 19.3 Å². The summed E-state index contributed by atoms with van der Waals surface area (Å²) in [6.07, 6.45) is 1.01. The van der Waals surface area contributed by atoms with Crippen LogP contribution < -0.4 is 10.1 Å². The number of carbonyl (C=O) groups excluding carboxylic acids is 3. The second-order valence-electron chi connectivity index (χ2n) is 6.84. The van der Waals surface area contributed by atoms with E-state index in [9.17, 15) is 14.4 Å². The van der Waals surface area contributed by atoms with Crippen LogP contribution in [0.15, 0.2) is 59.5 Å². The number of methoxy groups -OCH3 is 1. The lowest BCUT2D eigenvalue weighted by molar-refractivity contribution is -0.132. The normalized spacial score (nSPS) is 15.9. The number of benzene rings is 2. The maximum Gasteiger partial charge on any atom is 0.293 e. The van der Waals surface area contributed by atoms with Gasteiger partial charge in [-0.05, 0) is 48.0 Å². The third kappa shape index (κ3) is 6.19. The number of ether oxygens (including phenoxy) is 2. The average Bonchev–Trinajstić information content (AvgIpc) is 3.05. The number of amides is 3. The first-order valence-electron chi connectivity index (χ1n) is 9.80. The molecule has 1 saturated heterocycles. The third-order valence-electron chi connectivity index (χ3n) is 4.61. The van der Waals surface area contributed by atoms with Crippen LogP contribution in [-0.2, 0) is 20.9 Å². The van der Waals surface area contributed by atoms with Crippen molar-refractivity contribution in [1.82, 2.24) is 10.2 Å². The molecular weight excluding hydrogens is 416 g/mol. The molecule has 2 aromatic rings. The van der Waals surface area contributed by atoms with Crippen molar-refractivity contribution < 1.29 is 23.9 Å². The van der Waals surface area contributed by atoms with Crippen molar-refractivity contribution in [1.29, 1.82) is 0 Å². The average molecular weight is 441 g/mol. The molecule has 3 amide bonds. The van der Waals surface area contributed by atoms with E-state index in [1.54, 1.807) is 20.1 Å². The van der Waals surface area contributed by atoms with Crippen LogP contribution in [-0.4, -0.2) is 48.3 Å². The van der Waals surface area contributed by atoms with Gasteiger partial charge in [0.1, 0.15) is 11.9 Å². The van der Waals surface area contributed by atoms with Crippen LogP contribution in [0.4, 0.5) is 4.79 Å². The molecule has 1 aliphatic rings. The Morgan fingerprint density at radius 1 is 1.16 bits per heavy atom. The molecule has 2 aromatic carbocycles. The Morgan fingerprint density at radius 2 is 1.94 bits per heavy atom. The highest BCUT2D eigenvalue weighted by Crippen LogP contribution is 2.31. The predicted molar refractivity (Wildman–Crippen MR) is 119 cm³/mol. The molecule has 0 aliphatic carbocycles. The summed E-state index contributed by atoms with van der Waals surface area (Å²) in [5.74, 6) is 0.0572. The highest BCUT2D eigenvalue weighted by molar-refractivity contribution is 8.18. The Labute approximate surface area is 185 Å². The smallest absolute Gasteiger partial charge is 0.293 e. The molecule has 0 spiro atoms. The van der Waals surface area contributed by atoms with Gasteiger partial charge in [0.2, 0.25) is 5.91 Å². The van der Waals surface area contributed by atoms with Crippen molar-refractivity contribution in [3.8, 4) is 5.75 Å². The van der Waals surface area contributed by atoms with Gasteiger partial charge < -0.3 is 14.8 Å². The fraction of sp³-hybridized carbons (Fsp3) is 0.261. The summed E-state index contributed by atoms with van der Waals surface area (Å²) in [5, 5.41) is 2.37. The number of hydrogen-bond acceptors (Lipinski definition) is 6. The van der Waals surface area contributed by atoms with Crippen molar-refractivity contribution in [2.75, 3.05) is 20.2 Å². The number of thioether (sulfide) groups is 1. The first kappa shape index (κ1) is 22.6. The molecule has 8 heteroatoms. The summed E-state index contributed by atoms with van der Waals surface area (Å²) in [5.41, 5.74) is 1.74. The number of rotatable bonds is 9. The van der Waals surface area contributed by atoms with Crippen molar-refractivity contribution in [2.45, 2.75) is 19.6 Å². The van der Waals surface area contributed by atoms with Crippen molar-refractivity contribution in [3.63, 3.8) is 0 Å². The third-order valence-corrected chi connectivity index (χ3v) is 5.52. The molecule has 0 aromatic heterocycles. The molecule has 0 radical (unpaired) electrons. The van der Waals surface area contributed by atoms with Crippen LogP contribution in [0.2, 0.25) is 0 Å². The second-order valence-corrected chi connectivity index (χ2v) is 7.83. The van der Waals surface area contributed by atoms with Crippen LogP contribution in [0.5, 0.6) is 5.75 Å². The van der Waals surface area contributed by atoms with Crippen molar-refractivity contribution in [3.05, 3.63) is 70.6 Å². The zero-order valence-corrected chi connectivity index (χ0v) is 18.2. The van der Waals surface area contributed by atoms with Gasteiger partial charge in [-0.15, -0.1) is 0 Å². The van der Waals surface area contributed by atoms with Gasteiger partial charge >= 0.3 is 0 Å². The monoisotopic (exact) mass is 440 g/mol. The minimum atomic E-state index is -0.681. The summed E-state index contributed by atoms with van der Waals surface area (Å²) in [4.78, 5) is 38.5. The molecule has 162 valence electrons. The van der Waals surface area contributed by atoms with Gasteiger partial charge in [0, 0.05) is 13.1 Å². The van der Waals surface area contributed by atoms with E-state index >= 15 is 0 Å². The van der Waals surface area contributed by atoms with E-state index in [4.69, 9.17) is 9.47 Å². The minimum absolute atomic E-state index is 0.102. The fourth-order valence-corrected chi connectivity index (χ4v) is 3.75. The second kappa shape index (κ2) is 10.8. The minimum Gasteiger partial charge on any atom is -0.497 e. The van der Waals surface area contributed by atoms with E-state index in [1.807, 2.05) is 54.6 Å². The first-order valence-corrected chi connectivity index (χ1v) is 10.6. The molecule has 1 N–H and O–H groups in total. The van der Waals surface area contributed by atoms with E-state index < -0.39 is 6.10 Å². The Bertz CT molecular complexity index is 977. The number of carbonyl (C=O) groups is 3. The maximum atomic E-state index is 12.5. The molecule has 1 fully saturated rings. The van der Waals surface area contributed by atoms with Crippen LogP contribution >= 0.6 is 11.8 Å². The number of hydrogen-bond donors (Lipinski definition) is 1. The molecule has 1 atom stereocenters. The summed E-state index contributed by atoms with van der Waals surface area (Å²) in [7, 11) is 1.59. The van der Waals surface area contributed by atoms with Gasteiger partial charge in [0.25, 0.3) is 11.1 Å². The highest BCUT2D eigenvalue weighted by Gasteiger charge is 2.34. The molecule has 3 rings (SSSR count). The molecule has 0 saturated carbocycles. The van der Waals surface area contributed by atoms with E-state index in [1.165, 1.54) is 0 Å². The van der Waals surface area contributed by atoms with Crippen molar-refractivity contribution in [2.24, 2.45) is 0 Å². The molecule has 0 bridgehead atoms. The van der Waals surface area contributed by atoms with E-state index in [-0.39, 0.29) is 36.7 Å². The zero-order chi connectivity index (χ0) is 22.2. The van der Waals surface area contributed by atoms with E-state index in [2.05, 4.69) is 5.32 Å². The Hall–Kier alpha value is -3.10. The number of nitrogens with zero attached hydrogens (tertiary/aromatic N) is 1. The lowest BCUT2D eigenvalue weighted by Gasteiger charge is -2.16. The van der Waals surface area contributed by atoms with Crippen LogP contribution in [0.3, 0.4) is 0 Å². The lowest BCUT2D eigenvalue weighted by atomic mass is 10.2. The maximum absolute atomic E-state index is 12.5. The number of nitrogens with one attached hydrogen (secondary N) is 1. The summed E-state index contributed by atoms with van der Waals surface area (Å²) in [6.45, 7) is 2.17. The quantitative estimate of drug-likeness (QED) is 0.601.